The molecule has 128 valence electrons. The molecule has 0 saturated heterocycles. The Balaban J connectivity index is 1.66. The van der Waals surface area contributed by atoms with Crippen molar-refractivity contribution >= 4 is 62.3 Å². The summed E-state index contributed by atoms with van der Waals surface area (Å²) in [6.07, 6.45) is 0. The van der Waals surface area contributed by atoms with E-state index in [0.717, 1.165) is 14.6 Å². The van der Waals surface area contributed by atoms with E-state index in [9.17, 15) is 9.59 Å². The van der Waals surface area contributed by atoms with Gasteiger partial charge < -0.3 is 5.32 Å². The molecule has 0 aliphatic rings. The highest BCUT2D eigenvalue weighted by Crippen LogP contribution is 2.33. The number of thioether (sulfide) groups is 1. The summed E-state index contributed by atoms with van der Waals surface area (Å²) >= 11 is 8.93. The molecular weight excluding hydrogens is 376 g/mol. The molecule has 0 fully saturated rings. The molecule has 0 aliphatic carbocycles. The van der Waals surface area contributed by atoms with Gasteiger partial charge in [-0.05, 0) is 56.3 Å². The average Bonchev–Trinajstić information content (AvgIpc) is 2.96. The molecule has 1 heterocycles. The summed E-state index contributed by atoms with van der Waals surface area (Å²) in [5, 5.41) is 3.20. The second-order valence-electron chi connectivity index (χ2n) is 5.47. The quantitative estimate of drug-likeness (QED) is 0.476. The summed E-state index contributed by atoms with van der Waals surface area (Å²) in [4.78, 5) is 28.2. The first-order valence-electron chi connectivity index (χ1n) is 7.57. The Bertz CT molecular complexity index is 938. The summed E-state index contributed by atoms with van der Waals surface area (Å²) in [6.45, 7) is 3.35. The van der Waals surface area contributed by atoms with Crippen molar-refractivity contribution in [2.24, 2.45) is 0 Å². The Hall–Kier alpha value is -1.89. The van der Waals surface area contributed by atoms with Gasteiger partial charge in [-0.1, -0.05) is 23.4 Å². The lowest BCUT2D eigenvalue weighted by Gasteiger charge is -2.10. The Morgan fingerprint density at radius 1 is 1.20 bits per heavy atom. The van der Waals surface area contributed by atoms with E-state index in [4.69, 9.17) is 11.6 Å². The van der Waals surface area contributed by atoms with Gasteiger partial charge in [0, 0.05) is 16.3 Å². The van der Waals surface area contributed by atoms with Crippen LogP contribution in [0.2, 0.25) is 5.02 Å². The summed E-state index contributed by atoms with van der Waals surface area (Å²) in [7, 11) is 0. The number of Topliss-reactive ketones (excluding diaryl/α,β-unsaturated/α-hetero) is 1. The number of amides is 1. The van der Waals surface area contributed by atoms with Crippen molar-refractivity contribution in [2.45, 2.75) is 23.4 Å². The van der Waals surface area contributed by atoms with Crippen LogP contribution in [0.5, 0.6) is 0 Å². The number of carbonyl (C=O) groups excluding carboxylic acids is 2. The van der Waals surface area contributed by atoms with Crippen molar-refractivity contribution in [2.75, 3.05) is 5.32 Å². The van der Waals surface area contributed by atoms with Crippen LogP contribution in [-0.4, -0.2) is 21.9 Å². The van der Waals surface area contributed by atoms with E-state index in [1.165, 1.54) is 30.0 Å². The SMILES string of the molecule is CC(=O)c1ccc(NC(=O)[C@H](C)Sc2nc3cc(Cl)ccc3s2)cc1. The molecule has 0 spiro atoms. The van der Waals surface area contributed by atoms with Gasteiger partial charge in [0.2, 0.25) is 5.91 Å². The van der Waals surface area contributed by atoms with Gasteiger partial charge in [-0.2, -0.15) is 0 Å². The molecule has 7 heteroatoms. The van der Waals surface area contributed by atoms with Crippen LogP contribution in [0, 0.1) is 0 Å². The zero-order valence-corrected chi connectivity index (χ0v) is 16.0. The number of carbonyl (C=O) groups is 2. The lowest BCUT2D eigenvalue weighted by molar-refractivity contribution is -0.115. The second-order valence-corrected chi connectivity index (χ2v) is 8.53. The highest BCUT2D eigenvalue weighted by atomic mass is 35.5. The van der Waals surface area contributed by atoms with Crippen LogP contribution >= 0.6 is 34.7 Å². The van der Waals surface area contributed by atoms with Gasteiger partial charge in [-0.25, -0.2) is 4.98 Å². The summed E-state index contributed by atoms with van der Waals surface area (Å²) < 4.78 is 1.87. The first-order valence-corrected chi connectivity index (χ1v) is 9.64. The highest BCUT2D eigenvalue weighted by Gasteiger charge is 2.17. The zero-order chi connectivity index (χ0) is 18.0. The fraction of sp³-hybridized carbons (Fsp3) is 0.167. The largest absolute Gasteiger partial charge is 0.325 e. The standard InChI is InChI=1S/C18H15ClN2O2S2/c1-10(22)12-3-6-14(7-4-12)20-17(23)11(2)24-18-21-15-9-13(19)5-8-16(15)25-18/h3-9,11H,1-2H3,(H,20,23)/t11-/m0/s1. The fourth-order valence-electron chi connectivity index (χ4n) is 2.17. The first-order chi connectivity index (χ1) is 11.9. The molecule has 1 N–H and O–H groups in total. The molecular formula is C18H15ClN2O2S2. The zero-order valence-electron chi connectivity index (χ0n) is 13.6. The molecule has 4 nitrogen and oxygen atoms in total. The molecule has 0 aliphatic heterocycles. The van der Waals surface area contributed by atoms with Crippen molar-refractivity contribution < 1.29 is 9.59 Å². The molecule has 3 rings (SSSR count). The van der Waals surface area contributed by atoms with E-state index < -0.39 is 0 Å². The number of hydrogen-bond donors (Lipinski definition) is 1. The van der Waals surface area contributed by atoms with Crippen LogP contribution in [0.15, 0.2) is 46.8 Å². The fourth-order valence-corrected chi connectivity index (χ4v) is 4.52. The number of thiazole rings is 1. The lowest BCUT2D eigenvalue weighted by atomic mass is 10.1. The lowest BCUT2D eigenvalue weighted by Crippen LogP contribution is -2.22. The maximum Gasteiger partial charge on any atom is 0.237 e. The van der Waals surface area contributed by atoms with E-state index in [1.54, 1.807) is 24.3 Å². The van der Waals surface area contributed by atoms with Gasteiger partial charge in [0.1, 0.15) is 0 Å². The van der Waals surface area contributed by atoms with Crippen molar-refractivity contribution in [3.05, 3.63) is 53.1 Å². The van der Waals surface area contributed by atoms with Crippen LogP contribution in [0.25, 0.3) is 10.2 Å². The molecule has 2 aromatic carbocycles. The maximum absolute atomic E-state index is 12.4. The maximum atomic E-state index is 12.4. The third-order valence-electron chi connectivity index (χ3n) is 3.54. The van der Waals surface area contributed by atoms with Gasteiger partial charge in [0.15, 0.2) is 10.1 Å². The minimum atomic E-state index is -0.302. The molecule has 1 aromatic heterocycles. The number of hydrogen-bond acceptors (Lipinski definition) is 5. The van der Waals surface area contributed by atoms with Crippen molar-refractivity contribution in [3.8, 4) is 0 Å². The number of benzene rings is 2. The third kappa shape index (κ3) is 4.39. The number of nitrogens with one attached hydrogen (secondary N) is 1. The molecule has 0 unspecified atom stereocenters. The van der Waals surface area contributed by atoms with E-state index >= 15 is 0 Å². The first kappa shape index (κ1) is 17.9. The molecule has 25 heavy (non-hydrogen) atoms. The van der Waals surface area contributed by atoms with E-state index in [1.807, 2.05) is 25.1 Å². The minimum absolute atomic E-state index is 0.00209. The topological polar surface area (TPSA) is 59.1 Å². The summed E-state index contributed by atoms with van der Waals surface area (Å²) in [5.41, 5.74) is 2.12. The number of aromatic nitrogens is 1. The van der Waals surface area contributed by atoms with Gasteiger partial charge >= 0.3 is 0 Å². The average molecular weight is 391 g/mol. The number of nitrogens with zero attached hydrogens (tertiary/aromatic N) is 1. The molecule has 0 radical (unpaired) electrons. The number of anilines is 1. The summed E-state index contributed by atoms with van der Waals surface area (Å²) in [5.74, 6) is -0.115. The van der Waals surface area contributed by atoms with Gasteiger partial charge in [-0.15, -0.1) is 11.3 Å². The smallest absolute Gasteiger partial charge is 0.237 e. The highest BCUT2D eigenvalue weighted by molar-refractivity contribution is 8.02. The minimum Gasteiger partial charge on any atom is -0.325 e. The van der Waals surface area contributed by atoms with Gasteiger partial charge in [0.25, 0.3) is 0 Å². The van der Waals surface area contributed by atoms with Gasteiger partial charge in [-0.3, -0.25) is 9.59 Å². The van der Waals surface area contributed by atoms with E-state index in [2.05, 4.69) is 10.3 Å². The van der Waals surface area contributed by atoms with E-state index in [0.29, 0.717) is 16.3 Å². The van der Waals surface area contributed by atoms with Crippen LogP contribution in [0.1, 0.15) is 24.2 Å². The number of ketones is 1. The monoisotopic (exact) mass is 390 g/mol. The molecule has 0 bridgehead atoms. The predicted octanol–water partition coefficient (Wildman–Crippen LogP) is 5.27. The second kappa shape index (κ2) is 7.56. The van der Waals surface area contributed by atoms with Crippen molar-refractivity contribution in [1.29, 1.82) is 0 Å². The predicted molar refractivity (Wildman–Crippen MR) is 105 cm³/mol. The number of halogens is 1. The van der Waals surface area contributed by atoms with Crippen LogP contribution < -0.4 is 5.32 Å². The Morgan fingerprint density at radius 3 is 2.60 bits per heavy atom. The molecule has 0 saturated carbocycles. The van der Waals surface area contributed by atoms with Gasteiger partial charge in [0.05, 0.1) is 15.5 Å². The Kier molecular flexibility index (Phi) is 5.42. The van der Waals surface area contributed by atoms with E-state index in [-0.39, 0.29) is 16.9 Å². The van der Waals surface area contributed by atoms with Crippen molar-refractivity contribution in [1.82, 2.24) is 4.98 Å². The van der Waals surface area contributed by atoms with Crippen molar-refractivity contribution in [3.63, 3.8) is 0 Å². The van der Waals surface area contributed by atoms with Crippen LogP contribution in [0.3, 0.4) is 0 Å². The van der Waals surface area contributed by atoms with Crippen LogP contribution in [0.4, 0.5) is 5.69 Å². The number of fused-ring (bicyclic) bond motifs is 1. The molecule has 1 atom stereocenters. The van der Waals surface area contributed by atoms with Crippen LogP contribution in [-0.2, 0) is 4.79 Å². The number of rotatable bonds is 5. The Morgan fingerprint density at radius 2 is 1.92 bits per heavy atom. The normalized spacial score (nSPS) is 12.1. The molecule has 3 aromatic rings. The summed E-state index contributed by atoms with van der Waals surface area (Å²) in [6, 6.07) is 12.4. The Labute approximate surface area is 158 Å². The third-order valence-corrected chi connectivity index (χ3v) is 6.00. The molecule has 1 amide bonds.